The third-order valence-corrected chi connectivity index (χ3v) is 6.45. The maximum absolute atomic E-state index is 12.7. The summed E-state index contributed by atoms with van der Waals surface area (Å²) in [5, 5.41) is 3.17. The van der Waals surface area contributed by atoms with Crippen LogP contribution in [0.25, 0.3) is 0 Å². The molecule has 10 heteroatoms. The average Bonchev–Trinajstić information content (AvgIpc) is 3.07. The molecule has 3 amide bonds. The van der Waals surface area contributed by atoms with Crippen LogP contribution in [0.15, 0.2) is 28.6 Å². The van der Waals surface area contributed by atoms with E-state index in [9.17, 15) is 9.59 Å². The van der Waals surface area contributed by atoms with Crippen molar-refractivity contribution >= 4 is 29.7 Å². The fourth-order valence-electron chi connectivity index (χ4n) is 4.44. The van der Waals surface area contributed by atoms with Gasteiger partial charge in [-0.3, -0.25) is 10.1 Å². The highest BCUT2D eigenvalue weighted by Gasteiger charge is 2.49. The first-order chi connectivity index (χ1) is 13.9. The van der Waals surface area contributed by atoms with Crippen molar-refractivity contribution in [2.45, 2.75) is 37.6 Å². The van der Waals surface area contributed by atoms with Crippen LogP contribution in [-0.4, -0.2) is 87.2 Å². The van der Waals surface area contributed by atoms with Crippen LogP contribution >= 0.6 is 11.8 Å². The van der Waals surface area contributed by atoms with Crippen LogP contribution in [0.5, 0.6) is 0 Å². The topological polar surface area (TPSA) is 94.0 Å². The number of nitrogens with zero attached hydrogens (tertiary/aromatic N) is 6. The number of hydrogen-bond acceptors (Lipinski definition) is 8. The lowest BCUT2D eigenvalue weighted by molar-refractivity contribution is -0.127. The molecule has 0 saturated carbocycles. The zero-order chi connectivity index (χ0) is 20.5. The van der Waals surface area contributed by atoms with Crippen LogP contribution in [-0.2, 0) is 4.79 Å². The number of carbonyl (C=O) groups excluding carboxylic acids is 2. The fraction of sp³-hybridized carbons (Fsp3) is 0.632. The number of likely N-dealkylation sites (N-methyl/N-ethyl adjacent to an activating group) is 1. The van der Waals surface area contributed by atoms with E-state index in [1.165, 1.54) is 11.3 Å². The molecule has 2 fully saturated rings. The van der Waals surface area contributed by atoms with E-state index in [1.807, 2.05) is 0 Å². The van der Waals surface area contributed by atoms with Gasteiger partial charge >= 0.3 is 6.03 Å². The van der Waals surface area contributed by atoms with Gasteiger partial charge in [-0.25, -0.2) is 19.8 Å². The Labute approximate surface area is 174 Å². The van der Waals surface area contributed by atoms with Gasteiger partial charge < -0.3 is 14.7 Å². The molecule has 1 aromatic heterocycles. The summed E-state index contributed by atoms with van der Waals surface area (Å²) in [5.41, 5.74) is 0. The number of piperidine rings is 1. The SMILES string of the molecule is CC1CC(C)CN(C2=NC3C(C(=O)NC(=O)N3C)N2CCSc2ncccn2)C1. The van der Waals surface area contributed by atoms with Crippen molar-refractivity contribution in [1.82, 2.24) is 30.0 Å². The molecule has 9 nitrogen and oxygen atoms in total. The number of aliphatic imine (C=N–C) groups is 1. The van der Waals surface area contributed by atoms with E-state index in [0.29, 0.717) is 23.5 Å². The summed E-state index contributed by atoms with van der Waals surface area (Å²) in [6.45, 7) is 6.94. The number of guanidine groups is 1. The summed E-state index contributed by atoms with van der Waals surface area (Å²) < 4.78 is 0. The Balaban J connectivity index is 1.55. The number of urea groups is 1. The Morgan fingerprint density at radius 2 is 1.86 bits per heavy atom. The molecule has 3 aliphatic rings. The lowest BCUT2D eigenvalue weighted by Gasteiger charge is -2.41. The molecule has 4 rings (SSSR count). The summed E-state index contributed by atoms with van der Waals surface area (Å²) in [6.07, 6.45) is 4.15. The molecule has 4 heterocycles. The molecular weight excluding hydrogens is 390 g/mol. The standard InChI is InChI=1S/C19H27N7O2S/c1-12-9-13(2)11-25(10-12)18-22-15-14(16(27)23-19(28)24(15)3)26(18)7-8-29-17-20-5-4-6-21-17/h4-6,12-15H,7-11H2,1-3H3,(H,23,27,28). The van der Waals surface area contributed by atoms with Crippen molar-refractivity contribution in [2.75, 3.05) is 32.4 Å². The maximum Gasteiger partial charge on any atom is 0.325 e. The highest BCUT2D eigenvalue weighted by Crippen LogP contribution is 2.29. The molecule has 156 valence electrons. The van der Waals surface area contributed by atoms with Crippen molar-refractivity contribution in [3.05, 3.63) is 18.5 Å². The second-order valence-corrected chi connectivity index (χ2v) is 9.18. The quantitative estimate of drug-likeness (QED) is 0.579. The second kappa shape index (κ2) is 8.17. The second-order valence-electron chi connectivity index (χ2n) is 8.12. The van der Waals surface area contributed by atoms with Gasteiger partial charge in [0.15, 0.2) is 23.3 Å². The Bertz CT molecular complexity index is 795. The monoisotopic (exact) mass is 417 g/mol. The average molecular weight is 418 g/mol. The maximum atomic E-state index is 12.7. The Morgan fingerprint density at radius 3 is 2.55 bits per heavy atom. The molecule has 1 aromatic rings. The number of aromatic nitrogens is 2. The van der Waals surface area contributed by atoms with Crippen molar-refractivity contribution in [1.29, 1.82) is 0 Å². The van der Waals surface area contributed by atoms with Gasteiger partial charge in [-0.05, 0) is 24.3 Å². The lowest BCUT2D eigenvalue weighted by Crippen LogP contribution is -2.64. The lowest BCUT2D eigenvalue weighted by atomic mass is 9.92. The van der Waals surface area contributed by atoms with Gasteiger partial charge in [-0.1, -0.05) is 25.6 Å². The van der Waals surface area contributed by atoms with Gasteiger partial charge in [0.05, 0.1) is 0 Å². The molecule has 0 radical (unpaired) electrons. The fourth-order valence-corrected chi connectivity index (χ4v) is 5.18. The van der Waals surface area contributed by atoms with E-state index < -0.39 is 18.2 Å². The molecule has 29 heavy (non-hydrogen) atoms. The minimum Gasteiger partial charge on any atom is -0.342 e. The molecule has 0 bridgehead atoms. The zero-order valence-corrected chi connectivity index (χ0v) is 17.8. The number of rotatable bonds is 4. The van der Waals surface area contributed by atoms with Gasteiger partial charge in [-0.2, -0.15) is 0 Å². The van der Waals surface area contributed by atoms with E-state index in [0.717, 1.165) is 24.8 Å². The molecule has 0 spiro atoms. The minimum atomic E-state index is -0.502. The van der Waals surface area contributed by atoms with Crippen molar-refractivity contribution in [3.8, 4) is 0 Å². The Hall–Kier alpha value is -2.36. The normalized spacial score (nSPS) is 29.6. The molecule has 4 unspecified atom stereocenters. The molecule has 3 aliphatic heterocycles. The van der Waals surface area contributed by atoms with Gasteiger partial charge in [0.1, 0.15) is 0 Å². The number of imide groups is 1. The largest absolute Gasteiger partial charge is 0.342 e. The Kier molecular flexibility index (Phi) is 5.62. The van der Waals surface area contributed by atoms with Crippen LogP contribution < -0.4 is 5.32 Å². The summed E-state index contributed by atoms with van der Waals surface area (Å²) >= 11 is 1.55. The van der Waals surface area contributed by atoms with Crippen molar-refractivity contribution in [3.63, 3.8) is 0 Å². The third-order valence-electron chi connectivity index (χ3n) is 5.60. The van der Waals surface area contributed by atoms with Crippen LogP contribution in [0.1, 0.15) is 20.3 Å². The van der Waals surface area contributed by atoms with E-state index in [-0.39, 0.29) is 5.91 Å². The zero-order valence-electron chi connectivity index (χ0n) is 17.0. The van der Waals surface area contributed by atoms with E-state index in [1.54, 1.807) is 37.3 Å². The molecular formula is C19H27N7O2S. The molecule has 4 atom stereocenters. The number of fused-ring (bicyclic) bond motifs is 1. The molecule has 1 N–H and O–H groups in total. The predicted octanol–water partition coefficient (Wildman–Crippen LogP) is 1.09. The van der Waals surface area contributed by atoms with Crippen molar-refractivity contribution < 1.29 is 9.59 Å². The van der Waals surface area contributed by atoms with Crippen LogP contribution in [0.3, 0.4) is 0 Å². The predicted molar refractivity (Wildman–Crippen MR) is 110 cm³/mol. The number of likely N-dealkylation sites (tertiary alicyclic amines) is 1. The van der Waals surface area contributed by atoms with Gasteiger partial charge in [0, 0.05) is 44.8 Å². The van der Waals surface area contributed by atoms with Crippen molar-refractivity contribution in [2.24, 2.45) is 16.8 Å². The van der Waals surface area contributed by atoms with Crippen LogP contribution in [0, 0.1) is 11.8 Å². The summed E-state index contributed by atoms with van der Waals surface area (Å²) in [7, 11) is 1.69. The highest BCUT2D eigenvalue weighted by molar-refractivity contribution is 7.99. The van der Waals surface area contributed by atoms with E-state index in [4.69, 9.17) is 4.99 Å². The van der Waals surface area contributed by atoms with Gasteiger partial charge in [0.25, 0.3) is 5.91 Å². The van der Waals surface area contributed by atoms with Crippen LogP contribution in [0.4, 0.5) is 4.79 Å². The smallest absolute Gasteiger partial charge is 0.325 e. The van der Waals surface area contributed by atoms with E-state index in [2.05, 4.69) is 38.9 Å². The van der Waals surface area contributed by atoms with Crippen LogP contribution in [0.2, 0.25) is 0 Å². The first-order valence-corrected chi connectivity index (χ1v) is 11.0. The number of thioether (sulfide) groups is 1. The van der Waals surface area contributed by atoms with Gasteiger partial charge in [-0.15, -0.1) is 0 Å². The summed E-state index contributed by atoms with van der Waals surface area (Å²) in [5.74, 6) is 2.38. The summed E-state index contributed by atoms with van der Waals surface area (Å²) in [4.78, 5) is 44.1. The molecule has 0 aliphatic carbocycles. The first kappa shape index (κ1) is 19.9. The highest BCUT2D eigenvalue weighted by atomic mass is 32.2. The number of hydrogen-bond donors (Lipinski definition) is 1. The molecule has 0 aromatic carbocycles. The number of nitrogens with one attached hydrogen (secondary N) is 1. The van der Waals surface area contributed by atoms with Gasteiger partial charge in [0.2, 0.25) is 0 Å². The third kappa shape index (κ3) is 4.03. The first-order valence-electron chi connectivity index (χ1n) is 10.0. The number of carbonyl (C=O) groups is 2. The molecule has 2 saturated heterocycles. The van der Waals surface area contributed by atoms with E-state index >= 15 is 0 Å². The Morgan fingerprint density at radius 1 is 1.17 bits per heavy atom. The number of amides is 3. The minimum absolute atomic E-state index is 0.282. The summed E-state index contributed by atoms with van der Waals surface area (Å²) in [6, 6.07) is 0.892.